The lowest BCUT2D eigenvalue weighted by Gasteiger charge is -1.98. The normalized spacial score (nSPS) is 9.18. The minimum Gasteiger partial charge on any atom is -0.367 e. The molecule has 0 radical (unpaired) electrons. The van der Waals surface area contributed by atoms with Gasteiger partial charge in [0.25, 0.3) is 0 Å². The molecule has 1 aromatic heterocycles. The fraction of sp³-hybridized carbons (Fsp3) is 0.143. The Balaban J connectivity index is 2.69. The number of rotatable bonds is 2. The zero-order chi connectivity index (χ0) is 8.10. The molecular formula is C7H8N2O2. The molecular weight excluding hydrogens is 144 g/mol. The molecule has 11 heavy (non-hydrogen) atoms. The van der Waals surface area contributed by atoms with Crippen molar-refractivity contribution in [2.45, 2.75) is 0 Å². The van der Waals surface area contributed by atoms with E-state index < -0.39 is 5.97 Å². The van der Waals surface area contributed by atoms with Crippen LogP contribution in [0.3, 0.4) is 0 Å². The second-order valence-corrected chi connectivity index (χ2v) is 1.84. The molecule has 0 amide bonds. The zero-order valence-electron chi connectivity index (χ0n) is 6.07. The molecule has 0 aliphatic heterocycles. The summed E-state index contributed by atoms with van der Waals surface area (Å²) >= 11 is 0. The van der Waals surface area contributed by atoms with Crippen LogP contribution >= 0.6 is 0 Å². The van der Waals surface area contributed by atoms with E-state index in [1.165, 1.54) is 13.2 Å². The average molecular weight is 152 g/mol. The van der Waals surface area contributed by atoms with E-state index in [0.717, 1.165) is 0 Å². The Morgan fingerprint density at radius 2 is 2.55 bits per heavy atom. The monoisotopic (exact) mass is 152 g/mol. The van der Waals surface area contributed by atoms with Crippen molar-refractivity contribution < 1.29 is 9.63 Å². The quantitative estimate of drug-likeness (QED) is 0.622. The second kappa shape index (κ2) is 3.68. The third kappa shape index (κ3) is 2.01. The number of hydrogen-bond donors (Lipinski definition) is 1. The van der Waals surface area contributed by atoms with E-state index in [1.54, 1.807) is 18.3 Å². The van der Waals surface area contributed by atoms with Gasteiger partial charge < -0.3 is 4.84 Å². The molecule has 58 valence electrons. The second-order valence-electron chi connectivity index (χ2n) is 1.84. The molecule has 0 saturated heterocycles. The topological polar surface area (TPSA) is 51.2 Å². The van der Waals surface area contributed by atoms with Crippen molar-refractivity contribution in [3.63, 3.8) is 0 Å². The van der Waals surface area contributed by atoms with E-state index in [4.69, 9.17) is 0 Å². The number of nitrogens with one attached hydrogen (secondary N) is 1. The summed E-state index contributed by atoms with van der Waals surface area (Å²) in [4.78, 5) is 19.2. The van der Waals surface area contributed by atoms with Gasteiger partial charge in [-0.05, 0) is 12.1 Å². The number of hydrogen-bond acceptors (Lipinski definition) is 4. The molecule has 0 fully saturated rings. The Kier molecular flexibility index (Phi) is 2.57. The summed E-state index contributed by atoms with van der Waals surface area (Å²) < 4.78 is 0. The van der Waals surface area contributed by atoms with E-state index in [2.05, 4.69) is 15.3 Å². The molecule has 0 spiro atoms. The van der Waals surface area contributed by atoms with E-state index in [-0.39, 0.29) is 0 Å². The van der Waals surface area contributed by atoms with Gasteiger partial charge in [-0.3, -0.25) is 4.98 Å². The molecule has 1 N–H and O–H groups in total. The first-order valence-electron chi connectivity index (χ1n) is 3.12. The highest BCUT2D eigenvalue weighted by atomic mass is 16.7. The summed E-state index contributed by atoms with van der Waals surface area (Å²) in [6.07, 6.45) is 3.04. The van der Waals surface area contributed by atoms with Crippen LogP contribution in [0, 0.1) is 0 Å². The maximum absolute atomic E-state index is 10.9. The first-order valence-corrected chi connectivity index (χ1v) is 3.12. The Morgan fingerprint density at radius 1 is 1.73 bits per heavy atom. The molecule has 4 heteroatoms. The van der Waals surface area contributed by atoms with Gasteiger partial charge in [0.2, 0.25) is 0 Å². The van der Waals surface area contributed by atoms with Gasteiger partial charge in [0, 0.05) is 19.4 Å². The molecule has 1 rings (SSSR count). The molecule has 4 nitrogen and oxygen atoms in total. The Bertz CT molecular complexity index is 235. The molecule has 0 saturated carbocycles. The Labute approximate surface area is 64.2 Å². The maximum Gasteiger partial charge on any atom is 0.358 e. The summed E-state index contributed by atoms with van der Waals surface area (Å²) in [5, 5.41) is 0. The van der Waals surface area contributed by atoms with E-state index in [1.807, 2.05) is 0 Å². The predicted octanol–water partition coefficient (Wildman–Crippen LogP) is 0.373. The van der Waals surface area contributed by atoms with Crippen LogP contribution in [0.4, 0.5) is 0 Å². The fourth-order valence-corrected chi connectivity index (χ4v) is 0.635. The molecule has 0 aliphatic rings. The lowest BCUT2D eigenvalue weighted by Crippen LogP contribution is -2.15. The van der Waals surface area contributed by atoms with Crippen molar-refractivity contribution in [2.24, 2.45) is 0 Å². The fourth-order valence-electron chi connectivity index (χ4n) is 0.635. The number of nitrogens with zero attached hydrogens (tertiary/aromatic N) is 1. The number of carbonyl (C=O) groups is 1. The van der Waals surface area contributed by atoms with Gasteiger partial charge >= 0.3 is 5.97 Å². The van der Waals surface area contributed by atoms with Gasteiger partial charge in [-0.2, -0.15) is 5.48 Å². The number of hydroxylamine groups is 1. The van der Waals surface area contributed by atoms with Gasteiger partial charge in [0.15, 0.2) is 0 Å². The van der Waals surface area contributed by atoms with Crippen LogP contribution in [0.25, 0.3) is 0 Å². The molecule has 1 heterocycles. The van der Waals surface area contributed by atoms with E-state index >= 15 is 0 Å². The summed E-state index contributed by atoms with van der Waals surface area (Å²) in [6, 6.07) is 3.30. The van der Waals surface area contributed by atoms with Crippen LogP contribution in [0.1, 0.15) is 10.4 Å². The highest BCUT2D eigenvalue weighted by Gasteiger charge is 2.04. The lowest BCUT2D eigenvalue weighted by molar-refractivity contribution is 0.0309. The number of aromatic nitrogens is 1. The highest BCUT2D eigenvalue weighted by molar-refractivity contribution is 5.88. The molecule has 0 atom stereocenters. The summed E-state index contributed by atoms with van der Waals surface area (Å²) in [5.41, 5.74) is 2.72. The minimum absolute atomic E-state index is 0.430. The molecule has 1 aromatic rings. The van der Waals surface area contributed by atoms with Crippen molar-refractivity contribution in [1.29, 1.82) is 0 Å². The minimum atomic E-state index is -0.430. The predicted molar refractivity (Wildman–Crippen MR) is 38.7 cm³/mol. The Hall–Kier alpha value is -1.42. The van der Waals surface area contributed by atoms with Crippen molar-refractivity contribution in [3.05, 3.63) is 30.1 Å². The van der Waals surface area contributed by atoms with Gasteiger partial charge in [0.05, 0.1) is 5.56 Å². The standard InChI is InChI=1S/C7H8N2O2/c1-8-11-7(10)6-3-2-4-9-5-6/h2-5,8H,1H3. The van der Waals surface area contributed by atoms with E-state index in [0.29, 0.717) is 5.56 Å². The molecule has 0 aromatic carbocycles. The molecule has 0 bridgehead atoms. The van der Waals surface area contributed by atoms with Crippen LogP contribution in [0.15, 0.2) is 24.5 Å². The SMILES string of the molecule is CNOC(=O)c1cccnc1. The third-order valence-electron chi connectivity index (χ3n) is 1.09. The number of pyridine rings is 1. The summed E-state index contributed by atoms with van der Waals surface area (Å²) in [7, 11) is 1.52. The van der Waals surface area contributed by atoms with Crippen LogP contribution in [0.2, 0.25) is 0 Å². The van der Waals surface area contributed by atoms with Crippen LogP contribution in [-0.2, 0) is 4.84 Å². The van der Waals surface area contributed by atoms with Crippen molar-refractivity contribution in [3.8, 4) is 0 Å². The maximum atomic E-state index is 10.9. The Morgan fingerprint density at radius 3 is 3.09 bits per heavy atom. The van der Waals surface area contributed by atoms with Crippen LogP contribution in [-0.4, -0.2) is 18.0 Å². The van der Waals surface area contributed by atoms with Gasteiger partial charge in [-0.15, -0.1) is 0 Å². The van der Waals surface area contributed by atoms with E-state index in [9.17, 15) is 4.79 Å². The molecule has 0 aliphatic carbocycles. The lowest BCUT2D eigenvalue weighted by atomic mass is 10.3. The largest absolute Gasteiger partial charge is 0.367 e. The van der Waals surface area contributed by atoms with Gasteiger partial charge in [0.1, 0.15) is 0 Å². The van der Waals surface area contributed by atoms with Crippen molar-refractivity contribution in [1.82, 2.24) is 10.5 Å². The first kappa shape index (κ1) is 7.68. The first-order chi connectivity index (χ1) is 5.34. The zero-order valence-corrected chi connectivity index (χ0v) is 6.07. The van der Waals surface area contributed by atoms with Gasteiger partial charge in [-0.25, -0.2) is 4.79 Å². The summed E-state index contributed by atoms with van der Waals surface area (Å²) in [5.74, 6) is -0.430. The van der Waals surface area contributed by atoms with Gasteiger partial charge in [-0.1, -0.05) is 0 Å². The van der Waals surface area contributed by atoms with Crippen LogP contribution < -0.4 is 5.48 Å². The third-order valence-corrected chi connectivity index (χ3v) is 1.09. The smallest absolute Gasteiger partial charge is 0.358 e. The van der Waals surface area contributed by atoms with Crippen molar-refractivity contribution >= 4 is 5.97 Å². The summed E-state index contributed by atoms with van der Waals surface area (Å²) in [6.45, 7) is 0. The average Bonchev–Trinajstić information content (AvgIpc) is 2.07. The van der Waals surface area contributed by atoms with Crippen molar-refractivity contribution in [2.75, 3.05) is 7.05 Å². The molecule has 0 unspecified atom stereocenters. The van der Waals surface area contributed by atoms with Crippen LogP contribution in [0.5, 0.6) is 0 Å². The highest BCUT2D eigenvalue weighted by Crippen LogP contribution is 1.96. The number of carbonyl (C=O) groups excluding carboxylic acids is 1.